The highest BCUT2D eigenvalue weighted by Gasteiger charge is 2.29. The molecule has 2 heterocycles. The Hall–Kier alpha value is -1.88. The normalized spacial score (nSPS) is 24.6. The molecule has 1 N–H and O–H groups in total. The largest absolute Gasteiger partial charge is 0.352 e. The second kappa shape index (κ2) is 10.1. The summed E-state index contributed by atoms with van der Waals surface area (Å²) >= 11 is 0. The summed E-state index contributed by atoms with van der Waals surface area (Å²) in [4.78, 5) is 29.8. The molecule has 0 radical (unpaired) electrons. The fourth-order valence-corrected chi connectivity index (χ4v) is 4.55. The van der Waals surface area contributed by atoms with Crippen LogP contribution in [0.3, 0.4) is 0 Å². The van der Waals surface area contributed by atoms with E-state index < -0.39 is 0 Å². The van der Waals surface area contributed by atoms with E-state index in [1.165, 1.54) is 12.8 Å². The van der Waals surface area contributed by atoms with Crippen LogP contribution in [0.5, 0.6) is 0 Å². The van der Waals surface area contributed by atoms with Crippen molar-refractivity contribution in [3.8, 4) is 0 Å². The van der Waals surface area contributed by atoms with E-state index in [0.717, 1.165) is 50.5 Å². The Bertz CT molecular complexity index is 649. The second-order valence-electron chi connectivity index (χ2n) is 8.76. The highest BCUT2D eigenvalue weighted by atomic mass is 16.2. The first kappa shape index (κ1) is 20.8. The smallest absolute Gasteiger partial charge is 0.227 e. The van der Waals surface area contributed by atoms with Gasteiger partial charge in [-0.1, -0.05) is 37.3 Å². The highest BCUT2D eigenvalue weighted by molar-refractivity contribution is 5.82. The Morgan fingerprint density at radius 2 is 1.86 bits per heavy atom. The first-order valence-electron chi connectivity index (χ1n) is 10.9. The fourth-order valence-electron chi connectivity index (χ4n) is 4.55. The molecule has 2 amide bonds. The Balaban J connectivity index is 1.46. The molecule has 0 saturated carbocycles. The van der Waals surface area contributed by atoms with Crippen LogP contribution < -0.4 is 5.32 Å². The molecular weight excluding hydrogens is 350 g/mol. The Labute approximate surface area is 169 Å². The predicted molar refractivity (Wildman–Crippen MR) is 112 cm³/mol. The number of hydrogen-bond acceptors (Lipinski definition) is 3. The molecule has 3 rings (SSSR count). The summed E-state index contributed by atoms with van der Waals surface area (Å²) in [5.74, 6) is 0.893. The Morgan fingerprint density at radius 3 is 2.61 bits per heavy atom. The van der Waals surface area contributed by atoms with E-state index in [-0.39, 0.29) is 23.8 Å². The summed E-state index contributed by atoms with van der Waals surface area (Å²) in [6, 6.07) is 9.98. The molecule has 154 valence electrons. The van der Waals surface area contributed by atoms with Crippen LogP contribution in [-0.4, -0.2) is 60.4 Å². The quantitative estimate of drug-likeness (QED) is 0.819. The van der Waals surface area contributed by atoms with E-state index in [4.69, 9.17) is 0 Å². The van der Waals surface area contributed by atoms with E-state index >= 15 is 0 Å². The van der Waals surface area contributed by atoms with Gasteiger partial charge in [0.1, 0.15) is 0 Å². The van der Waals surface area contributed by atoms with Crippen molar-refractivity contribution < 1.29 is 9.59 Å². The molecule has 0 aliphatic carbocycles. The van der Waals surface area contributed by atoms with Gasteiger partial charge in [-0.3, -0.25) is 9.59 Å². The van der Waals surface area contributed by atoms with E-state index in [9.17, 15) is 9.59 Å². The molecule has 2 aliphatic heterocycles. The van der Waals surface area contributed by atoms with Crippen LogP contribution in [0.2, 0.25) is 0 Å². The van der Waals surface area contributed by atoms with Crippen LogP contribution in [0, 0.1) is 11.8 Å². The van der Waals surface area contributed by atoms with Gasteiger partial charge in [0, 0.05) is 32.2 Å². The maximum atomic E-state index is 12.8. The minimum absolute atomic E-state index is 0.0868. The Morgan fingerprint density at radius 1 is 1.11 bits per heavy atom. The second-order valence-corrected chi connectivity index (χ2v) is 8.76. The number of hydrogen-bond donors (Lipinski definition) is 1. The fraction of sp³-hybridized carbons (Fsp3) is 0.652. The molecule has 2 fully saturated rings. The zero-order chi connectivity index (χ0) is 19.9. The summed E-state index contributed by atoms with van der Waals surface area (Å²) in [6.07, 6.45) is 4.75. The minimum atomic E-state index is -0.0868. The summed E-state index contributed by atoms with van der Waals surface area (Å²) in [5.41, 5.74) is 1.03. The third-order valence-electron chi connectivity index (χ3n) is 6.00. The molecule has 5 nitrogen and oxygen atoms in total. The van der Waals surface area contributed by atoms with Gasteiger partial charge < -0.3 is 15.1 Å². The topological polar surface area (TPSA) is 52.7 Å². The lowest BCUT2D eigenvalue weighted by Crippen LogP contribution is -2.50. The first-order valence-corrected chi connectivity index (χ1v) is 10.9. The van der Waals surface area contributed by atoms with Crippen molar-refractivity contribution in [2.75, 3.05) is 32.7 Å². The number of carbonyl (C=O) groups is 2. The average Bonchev–Trinajstić information content (AvgIpc) is 2.68. The van der Waals surface area contributed by atoms with Gasteiger partial charge in [0.25, 0.3) is 0 Å². The van der Waals surface area contributed by atoms with Crippen LogP contribution >= 0.6 is 0 Å². The van der Waals surface area contributed by atoms with Gasteiger partial charge in [-0.15, -0.1) is 0 Å². The van der Waals surface area contributed by atoms with E-state index in [1.807, 2.05) is 35.2 Å². The van der Waals surface area contributed by atoms with Gasteiger partial charge in [-0.25, -0.2) is 0 Å². The molecule has 0 bridgehead atoms. The molecule has 2 aliphatic rings. The molecule has 28 heavy (non-hydrogen) atoms. The van der Waals surface area contributed by atoms with Crippen molar-refractivity contribution in [2.24, 2.45) is 11.8 Å². The van der Waals surface area contributed by atoms with Crippen LogP contribution in [0.1, 0.15) is 45.1 Å². The number of likely N-dealkylation sites (tertiary alicyclic amines) is 2. The SMILES string of the molecule is C[C@@H]1CCCN(C[C@@H](C)NC(=O)[C@H]2CCCN(C(=O)Cc3ccccc3)C2)C1. The third kappa shape index (κ3) is 6.06. The van der Waals surface area contributed by atoms with Crippen LogP contribution in [0.25, 0.3) is 0 Å². The summed E-state index contributed by atoms with van der Waals surface area (Å²) < 4.78 is 0. The molecule has 2 saturated heterocycles. The van der Waals surface area contributed by atoms with Crippen molar-refractivity contribution in [2.45, 2.75) is 52.0 Å². The van der Waals surface area contributed by atoms with Crippen molar-refractivity contribution in [1.29, 1.82) is 0 Å². The van der Waals surface area contributed by atoms with Gasteiger partial charge >= 0.3 is 0 Å². The summed E-state index contributed by atoms with van der Waals surface area (Å²) in [7, 11) is 0. The highest BCUT2D eigenvalue weighted by Crippen LogP contribution is 2.19. The number of carbonyl (C=O) groups excluding carboxylic acids is 2. The number of rotatable bonds is 6. The number of piperidine rings is 2. The van der Waals surface area contributed by atoms with Gasteiger partial charge in [-0.05, 0) is 50.6 Å². The van der Waals surface area contributed by atoms with Crippen molar-refractivity contribution in [3.05, 3.63) is 35.9 Å². The van der Waals surface area contributed by atoms with Gasteiger partial charge in [0.05, 0.1) is 12.3 Å². The summed E-state index contributed by atoms with van der Waals surface area (Å²) in [6.45, 7) is 8.89. The molecule has 0 aromatic heterocycles. The maximum Gasteiger partial charge on any atom is 0.227 e. The molecule has 5 heteroatoms. The van der Waals surface area contributed by atoms with Gasteiger partial charge in [0.15, 0.2) is 0 Å². The minimum Gasteiger partial charge on any atom is -0.352 e. The number of benzene rings is 1. The van der Waals surface area contributed by atoms with Gasteiger partial charge in [-0.2, -0.15) is 0 Å². The number of amides is 2. The molecule has 0 unspecified atom stereocenters. The lowest BCUT2D eigenvalue weighted by Gasteiger charge is -2.35. The van der Waals surface area contributed by atoms with Crippen LogP contribution in [-0.2, 0) is 16.0 Å². The molecule has 0 spiro atoms. The summed E-state index contributed by atoms with van der Waals surface area (Å²) in [5, 5.41) is 3.20. The van der Waals surface area contributed by atoms with E-state index in [2.05, 4.69) is 24.1 Å². The average molecular weight is 386 g/mol. The zero-order valence-electron chi connectivity index (χ0n) is 17.4. The number of nitrogens with zero attached hydrogens (tertiary/aromatic N) is 2. The lowest BCUT2D eigenvalue weighted by atomic mass is 9.96. The molecule has 3 atom stereocenters. The predicted octanol–water partition coefficient (Wildman–Crippen LogP) is 2.70. The third-order valence-corrected chi connectivity index (χ3v) is 6.00. The van der Waals surface area contributed by atoms with Crippen molar-refractivity contribution in [3.63, 3.8) is 0 Å². The molecule has 1 aromatic carbocycles. The molecular formula is C23H35N3O2. The van der Waals surface area contributed by atoms with Crippen LogP contribution in [0.15, 0.2) is 30.3 Å². The van der Waals surface area contributed by atoms with Crippen LogP contribution in [0.4, 0.5) is 0 Å². The van der Waals surface area contributed by atoms with Crippen molar-refractivity contribution in [1.82, 2.24) is 15.1 Å². The maximum absolute atomic E-state index is 12.8. The van der Waals surface area contributed by atoms with Crippen molar-refractivity contribution >= 4 is 11.8 Å². The monoisotopic (exact) mass is 385 g/mol. The standard InChI is InChI=1S/C23H35N3O2/c1-18-8-6-12-25(15-18)16-19(2)24-23(28)21-11-7-13-26(17-21)22(27)14-20-9-4-3-5-10-20/h3-5,9-10,18-19,21H,6-8,11-17H2,1-2H3,(H,24,28)/t18-,19-,21+/m1/s1. The zero-order valence-corrected chi connectivity index (χ0v) is 17.4. The Kier molecular flexibility index (Phi) is 7.49. The van der Waals surface area contributed by atoms with Gasteiger partial charge in [0.2, 0.25) is 11.8 Å². The first-order chi connectivity index (χ1) is 13.5. The molecule has 1 aromatic rings. The lowest BCUT2D eigenvalue weighted by molar-refractivity contribution is -0.135. The van der Waals surface area contributed by atoms with E-state index in [1.54, 1.807) is 0 Å². The number of nitrogens with one attached hydrogen (secondary N) is 1. The van der Waals surface area contributed by atoms with E-state index in [0.29, 0.717) is 13.0 Å².